The molecular weight excluding hydrogens is 540 g/mol. The summed E-state index contributed by atoms with van der Waals surface area (Å²) in [6, 6.07) is 4.49. The Hall–Kier alpha value is -3.84. The van der Waals surface area contributed by atoms with Crippen molar-refractivity contribution in [2.75, 3.05) is 41.9 Å². The highest BCUT2D eigenvalue weighted by molar-refractivity contribution is 5.62. The van der Waals surface area contributed by atoms with Crippen LogP contribution in [0.4, 0.5) is 49.7 Å². The van der Waals surface area contributed by atoms with Crippen LogP contribution in [0, 0.1) is 0 Å². The molecule has 0 saturated carbocycles. The van der Waals surface area contributed by atoms with E-state index < -0.39 is 29.4 Å². The third-order valence-corrected chi connectivity index (χ3v) is 7.14. The number of rotatable bonds is 5. The maximum Gasteiger partial charge on any atom is 0.421 e. The molecule has 14 heteroatoms. The molecule has 0 spiro atoms. The van der Waals surface area contributed by atoms with Crippen LogP contribution >= 0.6 is 0 Å². The van der Waals surface area contributed by atoms with E-state index in [0.29, 0.717) is 29.4 Å². The quantitative estimate of drug-likeness (QED) is 0.397. The smallest absolute Gasteiger partial charge is 0.421 e. The normalized spacial score (nSPS) is 17.9. The first-order chi connectivity index (χ1) is 19.0. The van der Waals surface area contributed by atoms with Gasteiger partial charge in [0.25, 0.3) is 0 Å². The summed E-state index contributed by atoms with van der Waals surface area (Å²) in [4.78, 5) is 21.2. The summed E-state index contributed by atoms with van der Waals surface area (Å²) in [5.41, 5.74) is -0.529. The van der Waals surface area contributed by atoms with Crippen LogP contribution in [-0.2, 0) is 25.2 Å². The highest BCUT2D eigenvalue weighted by Gasteiger charge is 2.37. The van der Waals surface area contributed by atoms with E-state index in [0.717, 1.165) is 38.6 Å². The van der Waals surface area contributed by atoms with Gasteiger partial charge >= 0.3 is 12.4 Å². The first kappa shape index (κ1) is 27.7. The summed E-state index contributed by atoms with van der Waals surface area (Å²) < 4.78 is 86.1. The van der Waals surface area contributed by atoms with Crippen molar-refractivity contribution in [3.8, 4) is 5.88 Å². The van der Waals surface area contributed by atoms with Crippen molar-refractivity contribution in [1.82, 2.24) is 19.9 Å². The number of methoxy groups -OCH3 is 1. The van der Waals surface area contributed by atoms with E-state index in [9.17, 15) is 26.3 Å². The Morgan fingerprint density at radius 1 is 0.925 bits per heavy atom. The minimum absolute atomic E-state index is 0.0800. The van der Waals surface area contributed by atoms with Crippen molar-refractivity contribution in [2.45, 2.75) is 51.0 Å². The molecule has 0 radical (unpaired) electrons. The van der Waals surface area contributed by atoms with Crippen molar-refractivity contribution in [3.05, 3.63) is 52.8 Å². The van der Waals surface area contributed by atoms with Crippen LogP contribution in [0.1, 0.15) is 42.1 Å². The van der Waals surface area contributed by atoms with Crippen LogP contribution < -0.4 is 19.9 Å². The van der Waals surface area contributed by atoms with Gasteiger partial charge in [-0.15, -0.1) is 0 Å². The van der Waals surface area contributed by atoms with E-state index in [-0.39, 0.29) is 37.2 Å². The fourth-order valence-corrected chi connectivity index (χ4v) is 5.13. The molecule has 40 heavy (non-hydrogen) atoms. The standard InChI is InChI=1S/C26H27F6N7O/c1-15-5-4-12-39(15)24-34-19-10-14-38(22-17(25(27,28)29)6-3-11-33-22)13-9-16(19)21(37-24)35-20-8-7-18(26(30,31)32)23(36-20)40-2/h3,6-8,11,15H,4-5,9-10,12-14H2,1-2H3,(H,34,35,36,37). The Morgan fingerprint density at radius 3 is 2.35 bits per heavy atom. The monoisotopic (exact) mass is 567 g/mol. The Labute approximate surface area is 226 Å². The second-order valence-electron chi connectivity index (χ2n) is 9.72. The molecule has 0 bridgehead atoms. The third kappa shape index (κ3) is 5.56. The lowest BCUT2D eigenvalue weighted by Gasteiger charge is -2.24. The minimum Gasteiger partial charge on any atom is -0.481 e. The fraction of sp³-hybridized carbons (Fsp3) is 0.462. The van der Waals surface area contributed by atoms with Crippen LogP contribution in [0.15, 0.2) is 30.5 Å². The van der Waals surface area contributed by atoms with Crippen LogP contribution in [0.2, 0.25) is 0 Å². The molecular formula is C26H27F6N7O. The molecule has 1 atom stereocenters. The summed E-state index contributed by atoms with van der Waals surface area (Å²) in [7, 11) is 1.10. The molecule has 0 amide bonds. The van der Waals surface area contributed by atoms with Gasteiger partial charge in [0.05, 0.1) is 18.4 Å². The number of halogens is 6. The van der Waals surface area contributed by atoms with Crippen LogP contribution in [0.25, 0.3) is 0 Å². The molecule has 214 valence electrons. The molecule has 1 N–H and O–H groups in total. The lowest BCUT2D eigenvalue weighted by Crippen LogP contribution is -2.29. The number of alkyl halides is 6. The maximum absolute atomic E-state index is 13.7. The van der Waals surface area contributed by atoms with Crippen molar-refractivity contribution in [1.29, 1.82) is 0 Å². The zero-order valence-corrected chi connectivity index (χ0v) is 21.8. The van der Waals surface area contributed by atoms with Crippen LogP contribution in [-0.4, -0.2) is 52.7 Å². The molecule has 1 fully saturated rings. The highest BCUT2D eigenvalue weighted by atomic mass is 19.4. The number of nitrogens with zero attached hydrogens (tertiary/aromatic N) is 6. The molecule has 5 rings (SSSR count). The van der Waals surface area contributed by atoms with Crippen LogP contribution in [0.3, 0.4) is 0 Å². The second kappa shape index (κ2) is 10.6. The SMILES string of the molecule is COc1nc(Nc2nc(N3CCCC3C)nc3c2CCN(c2ncccc2C(F)(F)F)CC3)ccc1C(F)(F)F. The number of anilines is 4. The minimum atomic E-state index is -4.65. The van der Waals surface area contributed by atoms with E-state index in [4.69, 9.17) is 14.7 Å². The maximum atomic E-state index is 13.7. The topological polar surface area (TPSA) is 79.3 Å². The van der Waals surface area contributed by atoms with E-state index in [2.05, 4.69) is 27.1 Å². The average Bonchev–Trinajstić information content (AvgIpc) is 3.21. The number of nitrogens with one attached hydrogen (secondary N) is 1. The largest absolute Gasteiger partial charge is 0.481 e. The molecule has 8 nitrogen and oxygen atoms in total. The van der Waals surface area contributed by atoms with Gasteiger partial charge < -0.3 is 19.9 Å². The van der Waals surface area contributed by atoms with Gasteiger partial charge in [0.1, 0.15) is 23.0 Å². The molecule has 5 heterocycles. The number of aromatic nitrogens is 4. The van der Waals surface area contributed by atoms with E-state index >= 15 is 0 Å². The molecule has 1 saturated heterocycles. The average molecular weight is 568 g/mol. The molecule has 2 aliphatic rings. The third-order valence-electron chi connectivity index (χ3n) is 7.14. The molecule has 2 aliphatic heterocycles. The highest BCUT2D eigenvalue weighted by Crippen LogP contribution is 2.38. The predicted octanol–water partition coefficient (Wildman–Crippen LogP) is 5.65. The zero-order valence-electron chi connectivity index (χ0n) is 21.8. The first-order valence-corrected chi connectivity index (χ1v) is 12.8. The summed E-state index contributed by atoms with van der Waals surface area (Å²) in [5, 5.41) is 3.03. The predicted molar refractivity (Wildman–Crippen MR) is 136 cm³/mol. The van der Waals surface area contributed by atoms with E-state index in [1.807, 2.05) is 0 Å². The molecule has 3 aromatic rings. The Morgan fingerprint density at radius 2 is 1.68 bits per heavy atom. The first-order valence-electron chi connectivity index (χ1n) is 12.8. The van der Waals surface area contributed by atoms with Crippen molar-refractivity contribution >= 4 is 23.4 Å². The van der Waals surface area contributed by atoms with Gasteiger partial charge in [-0.1, -0.05) is 0 Å². The van der Waals surface area contributed by atoms with Crippen molar-refractivity contribution in [2.24, 2.45) is 0 Å². The lowest BCUT2D eigenvalue weighted by atomic mass is 10.1. The number of hydrogen-bond acceptors (Lipinski definition) is 8. The molecule has 3 aromatic heterocycles. The van der Waals surface area contributed by atoms with Gasteiger partial charge in [-0.3, -0.25) is 0 Å². The van der Waals surface area contributed by atoms with E-state index in [1.165, 1.54) is 18.3 Å². The van der Waals surface area contributed by atoms with Gasteiger partial charge in [0.2, 0.25) is 11.8 Å². The summed E-state index contributed by atoms with van der Waals surface area (Å²) >= 11 is 0. The van der Waals surface area contributed by atoms with Gasteiger partial charge in [-0.05, 0) is 50.5 Å². The number of ether oxygens (including phenoxy) is 1. The van der Waals surface area contributed by atoms with Crippen molar-refractivity contribution < 1.29 is 31.1 Å². The Balaban J connectivity index is 1.52. The van der Waals surface area contributed by atoms with Gasteiger partial charge in [-0.25, -0.2) is 9.97 Å². The molecule has 0 aromatic carbocycles. The number of hydrogen-bond donors (Lipinski definition) is 1. The number of fused-ring (bicyclic) bond motifs is 1. The summed E-state index contributed by atoms with van der Waals surface area (Å²) in [5.74, 6) is 0.121. The van der Waals surface area contributed by atoms with E-state index in [1.54, 1.807) is 4.90 Å². The van der Waals surface area contributed by atoms with Crippen molar-refractivity contribution in [3.63, 3.8) is 0 Å². The molecule has 1 unspecified atom stereocenters. The lowest BCUT2D eigenvalue weighted by molar-refractivity contribution is -0.139. The molecule has 0 aliphatic carbocycles. The summed E-state index contributed by atoms with van der Waals surface area (Å²) in [6.45, 7) is 3.24. The van der Waals surface area contributed by atoms with Gasteiger partial charge in [-0.2, -0.15) is 36.3 Å². The zero-order chi connectivity index (χ0) is 28.7. The Bertz CT molecular complexity index is 1380. The second-order valence-corrected chi connectivity index (χ2v) is 9.72. The Kier molecular flexibility index (Phi) is 7.36. The fourth-order valence-electron chi connectivity index (χ4n) is 5.13. The van der Waals surface area contributed by atoms with Gasteiger partial charge in [0.15, 0.2) is 0 Å². The number of pyridine rings is 2. The van der Waals surface area contributed by atoms with Gasteiger partial charge in [0, 0.05) is 43.9 Å². The summed E-state index contributed by atoms with van der Waals surface area (Å²) in [6.07, 6.45) is -5.39. The van der Waals surface area contributed by atoms with Crippen LogP contribution in [0.5, 0.6) is 5.88 Å².